The number of fused-ring (bicyclic) bond motifs is 1. The number of hydrogen-bond acceptors (Lipinski definition) is 5. The van der Waals surface area contributed by atoms with Gasteiger partial charge in [0.25, 0.3) is 0 Å². The summed E-state index contributed by atoms with van der Waals surface area (Å²) >= 11 is 3.47. The van der Waals surface area contributed by atoms with E-state index in [1.54, 1.807) is 6.07 Å². The number of nitrogens with zero attached hydrogens (tertiary/aromatic N) is 1. The van der Waals surface area contributed by atoms with Gasteiger partial charge in [0.15, 0.2) is 23.1 Å². The van der Waals surface area contributed by atoms with E-state index in [0.717, 1.165) is 27.1 Å². The van der Waals surface area contributed by atoms with Crippen LogP contribution in [0.25, 0.3) is 11.3 Å². The molecule has 0 unspecified atom stereocenters. The Hall–Kier alpha value is -1.69. The van der Waals surface area contributed by atoms with Crippen LogP contribution in [0.4, 0.5) is 5.82 Å². The highest BCUT2D eigenvalue weighted by atomic mass is 79.9. The number of aromatic nitrogens is 1. The molecule has 94 valence electrons. The van der Waals surface area contributed by atoms with Crippen molar-refractivity contribution in [2.45, 2.75) is 6.92 Å². The van der Waals surface area contributed by atoms with Crippen LogP contribution in [0.15, 0.2) is 21.1 Å². The standard InChI is InChI=1S/C12H11BrN2O3/c1-6-7(9-5-10(14)15-18-9)4-8(13)12-11(6)16-2-3-17-12/h4-5H,2-3H2,1H3,(H2,14,15). The summed E-state index contributed by atoms with van der Waals surface area (Å²) in [5.41, 5.74) is 7.40. The van der Waals surface area contributed by atoms with E-state index in [9.17, 15) is 0 Å². The molecule has 1 aliphatic heterocycles. The fourth-order valence-corrected chi connectivity index (χ4v) is 2.49. The highest BCUT2D eigenvalue weighted by molar-refractivity contribution is 9.10. The molecule has 0 radical (unpaired) electrons. The number of ether oxygens (including phenoxy) is 2. The van der Waals surface area contributed by atoms with Gasteiger partial charge in [-0.3, -0.25) is 0 Å². The third-order valence-corrected chi connectivity index (χ3v) is 3.40. The van der Waals surface area contributed by atoms with Gasteiger partial charge in [0.05, 0.1) is 4.47 Å². The molecule has 1 aromatic carbocycles. The lowest BCUT2D eigenvalue weighted by Crippen LogP contribution is -2.16. The molecule has 5 nitrogen and oxygen atoms in total. The zero-order valence-electron chi connectivity index (χ0n) is 9.70. The van der Waals surface area contributed by atoms with E-state index in [4.69, 9.17) is 19.7 Å². The minimum Gasteiger partial charge on any atom is -0.486 e. The number of halogens is 1. The molecule has 3 rings (SSSR count). The predicted molar refractivity (Wildman–Crippen MR) is 69.8 cm³/mol. The molecule has 1 aromatic heterocycles. The Labute approximate surface area is 112 Å². The van der Waals surface area contributed by atoms with Gasteiger partial charge in [-0.05, 0) is 28.9 Å². The molecule has 0 saturated heterocycles. The van der Waals surface area contributed by atoms with Crippen LogP contribution in [-0.2, 0) is 0 Å². The second-order valence-electron chi connectivity index (χ2n) is 4.00. The first-order valence-corrected chi connectivity index (χ1v) is 6.27. The van der Waals surface area contributed by atoms with Crippen LogP contribution >= 0.6 is 15.9 Å². The topological polar surface area (TPSA) is 70.5 Å². The van der Waals surface area contributed by atoms with Gasteiger partial charge in [-0.15, -0.1) is 0 Å². The average molecular weight is 311 g/mol. The minimum absolute atomic E-state index is 0.357. The molecular weight excluding hydrogens is 300 g/mol. The Kier molecular flexibility index (Phi) is 2.66. The van der Waals surface area contributed by atoms with E-state index in [2.05, 4.69) is 21.1 Å². The van der Waals surface area contributed by atoms with Crippen molar-refractivity contribution in [3.8, 4) is 22.8 Å². The zero-order chi connectivity index (χ0) is 12.7. The number of rotatable bonds is 1. The lowest BCUT2D eigenvalue weighted by atomic mass is 10.0. The van der Waals surface area contributed by atoms with Crippen molar-refractivity contribution >= 4 is 21.7 Å². The van der Waals surface area contributed by atoms with E-state index in [-0.39, 0.29) is 0 Å². The molecule has 0 fully saturated rings. The molecule has 0 aliphatic carbocycles. The van der Waals surface area contributed by atoms with E-state index >= 15 is 0 Å². The van der Waals surface area contributed by atoms with Crippen molar-refractivity contribution in [2.75, 3.05) is 18.9 Å². The second kappa shape index (κ2) is 4.20. The Morgan fingerprint density at radius 2 is 1.94 bits per heavy atom. The molecule has 0 bridgehead atoms. The molecule has 0 amide bonds. The molecule has 2 aromatic rings. The molecule has 18 heavy (non-hydrogen) atoms. The van der Waals surface area contributed by atoms with Gasteiger partial charge in [-0.25, -0.2) is 0 Å². The highest BCUT2D eigenvalue weighted by Gasteiger charge is 2.22. The minimum atomic E-state index is 0.357. The van der Waals surface area contributed by atoms with Gasteiger partial charge >= 0.3 is 0 Å². The van der Waals surface area contributed by atoms with Crippen LogP contribution < -0.4 is 15.2 Å². The summed E-state index contributed by atoms with van der Waals surface area (Å²) in [5, 5.41) is 3.69. The maximum atomic E-state index is 5.66. The number of hydrogen-bond donors (Lipinski definition) is 1. The largest absolute Gasteiger partial charge is 0.486 e. The molecule has 1 aliphatic rings. The quantitative estimate of drug-likeness (QED) is 0.877. The summed E-state index contributed by atoms with van der Waals surface area (Å²) in [4.78, 5) is 0. The van der Waals surface area contributed by atoms with E-state index in [0.29, 0.717) is 24.8 Å². The normalized spacial score (nSPS) is 13.7. The van der Waals surface area contributed by atoms with Crippen molar-refractivity contribution in [3.05, 3.63) is 22.2 Å². The van der Waals surface area contributed by atoms with Gasteiger partial charge in [0, 0.05) is 17.2 Å². The van der Waals surface area contributed by atoms with Crippen LogP contribution in [0.2, 0.25) is 0 Å². The molecular formula is C12H11BrN2O3. The summed E-state index contributed by atoms with van der Waals surface area (Å²) in [7, 11) is 0. The summed E-state index contributed by atoms with van der Waals surface area (Å²) in [5.74, 6) is 2.44. The summed E-state index contributed by atoms with van der Waals surface area (Å²) in [6.45, 7) is 3.05. The first kappa shape index (κ1) is 11.4. The monoisotopic (exact) mass is 310 g/mol. The molecule has 2 N–H and O–H groups in total. The fraction of sp³-hybridized carbons (Fsp3) is 0.250. The van der Waals surface area contributed by atoms with Crippen LogP contribution in [0.3, 0.4) is 0 Å². The Morgan fingerprint density at radius 3 is 2.61 bits per heavy atom. The van der Waals surface area contributed by atoms with Gasteiger partial charge in [0.1, 0.15) is 13.2 Å². The van der Waals surface area contributed by atoms with Gasteiger partial charge in [-0.1, -0.05) is 5.16 Å². The third-order valence-electron chi connectivity index (χ3n) is 2.81. The van der Waals surface area contributed by atoms with E-state index < -0.39 is 0 Å². The van der Waals surface area contributed by atoms with Gasteiger partial charge in [0.2, 0.25) is 0 Å². The van der Waals surface area contributed by atoms with Crippen LogP contribution in [0, 0.1) is 6.92 Å². The summed E-state index contributed by atoms with van der Waals surface area (Å²) in [6.07, 6.45) is 0. The lowest BCUT2D eigenvalue weighted by Gasteiger charge is -2.22. The Bertz CT molecular complexity index is 610. The first-order valence-electron chi connectivity index (χ1n) is 5.48. The van der Waals surface area contributed by atoms with Crippen LogP contribution in [-0.4, -0.2) is 18.4 Å². The van der Waals surface area contributed by atoms with Crippen LogP contribution in [0.5, 0.6) is 11.5 Å². The number of nitrogen functional groups attached to an aromatic ring is 1. The maximum Gasteiger partial charge on any atom is 0.175 e. The summed E-state index contributed by atoms with van der Waals surface area (Å²) in [6, 6.07) is 3.60. The number of nitrogens with two attached hydrogens (primary N) is 1. The van der Waals surface area contributed by atoms with Gasteiger partial charge in [-0.2, -0.15) is 0 Å². The zero-order valence-corrected chi connectivity index (χ0v) is 11.3. The lowest BCUT2D eigenvalue weighted by molar-refractivity contribution is 0.169. The number of benzene rings is 1. The molecule has 0 spiro atoms. The number of anilines is 1. The first-order chi connectivity index (χ1) is 8.66. The van der Waals surface area contributed by atoms with Crippen molar-refractivity contribution in [2.24, 2.45) is 0 Å². The predicted octanol–water partition coefficient (Wildman–Crippen LogP) is 2.77. The van der Waals surface area contributed by atoms with Crippen molar-refractivity contribution in [1.82, 2.24) is 5.16 Å². The van der Waals surface area contributed by atoms with Gasteiger partial charge < -0.3 is 19.7 Å². The van der Waals surface area contributed by atoms with Crippen molar-refractivity contribution in [3.63, 3.8) is 0 Å². The average Bonchev–Trinajstić information content (AvgIpc) is 2.80. The summed E-state index contributed by atoms with van der Waals surface area (Å²) < 4.78 is 17.3. The maximum absolute atomic E-state index is 5.66. The van der Waals surface area contributed by atoms with Crippen LogP contribution in [0.1, 0.15) is 5.56 Å². The van der Waals surface area contributed by atoms with Crippen molar-refractivity contribution in [1.29, 1.82) is 0 Å². The molecule has 2 heterocycles. The second-order valence-corrected chi connectivity index (χ2v) is 4.86. The van der Waals surface area contributed by atoms with E-state index in [1.807, 2.05) is 13.0 Å². The van der Waals surface area contributed by atoms with Crippen molar-refractivity contribution < 1.29 is 14.0 Å². The molecule has 6 heteroatoms. The fourth-order valence-electron chi connectivity index (χ4n) is 1.97. The van der Waals surface area contributed by atoms with E-state index in [1.165, 1.54) is 0 Å². The molecule has 0 atom stereocenters. The third kappa shape index (κ3) is 1.73. The molecule has 0 saturated carbocycles. The SMILES string of the molecule is Cc1c(-c2cc(N)no2)cc(Br)c2c1OCCO2. The smallest absolute Gasteiger partial charge is 0.175 e. The Morgan fingerprint density at radius 1 is 1.22 bits per heavy atom. The Balaban J connectivity index is 2.19. The highest BCUT2D eigenvalue weighted by Crippen LogP contribution is 2.44.